The second-order valence-corrected chi connectivity index (χ2v) is 13.1. The Bertz CT molecular complexity index is 1280. The van der Waals surface area contributed by atoms with Gasteiger partial charge in [-0.3, -0.25) is 24.6 Å². The number of rotatable bonds is 9. The average molecular weight is 612 g/mol. The van der Waals surface area contributed by atoms with Gasteiger partial charge >= 0.3 is 0 Å². The molecule has 224 valence electrons. The molecule has 3 aliphatic rings. The fourth-order valence-electron chi connectivity index (χ4n) is 6.00. The summed E-state index contributed by atoms with van der Waals surface area (Å²) in [5.41, 5.74) is 6.72. The zero-order chi connectivity index (χ0) is 29.6. The molecule has 13 heteroatoms. The maximum absolute atomic E-state index is 13.7. The Hall–Kier alpha value is -3.45. The number of nitrogens with two attached hydrogens (primary N) is 1. The van der Waals surface area contributed by atoms with Gasteiger partial charge < -0.3 is 25.8 Å². The van der Waals surface area contributed by atoms with E-state index < -0.39 is 12.1 Å². The van der Waals surface area contributed by atoms with Gasteiger partial charge in [0, 0.05) is 49.1 Å². The van der Waals surface area contributed by atoms with Crippen molar-refractivity contribution in [3.05, 3.63) is 52.5 Å². The minimum Gasteiger partial charge on any atom is -0.370 e. The molecule has 1 unspecified atom stereocenters. The molecule has 1 aromatic carbocycles. The van der Waals surface area contributed by atoms with Crippen LogP contribution < -0.4 is 11.1 Å². The lowest BCUT2D eigenvalue weighted by molar-refractivity contribution is -0.153. The zero-order valence-electron chi connectivity index (χ0n) is 23.4. The number of ketones is 1. The molecule has 11 nitrogen and oxygen atoms in total. The number of aryl methyl sites for hydroxylation is 1. The van der Waals surface area contributed by atoms with E-state index in [0.717, 1.165) is 18.4 Å². The maximum atomic E-state index is 13.7. The molecule has 5 rings (SSSR count). The summed E-state index contributed by atoms with van der Waals surface area (Å²) in [6.07, 6.45) is 4.49. The number of nitrogens with one attached hydrogen (secondary N) is 2. The highest BCUT2D eigenvalue weighted by molar-refractivity contribution is 7.99. The molecule has 0 aliphatic carbocycles. The number of amides is 3. The lowest BCUT2D eigenvalue weighted by atomic mass is 9.88. The first-order chi connectivity index (χ1) is 20.3. The SMILES string of the molecule is N=C(N)N1CCC(CC(NC(=O)[C@@H]2CSC[C@H]3CN(C(=O)CCc4ccccc4)CC(=O)N32)C(=O)c2nccs2)CC1. The highest BCUT2D eigenvalue weighted by Gasteiger charge is 2.44. The van der Waals surface area contributed by atoms with Gasteiger partial charge in [0.05, 0.1) is 18.6 Å². The predicted molar refractivity (Wildman–Crippen MR) is 162 cm³/mol. The molecule has 4 heterocycles. The van der Waals surface area contributed by atoms with Crippen molar-refractivity contribution >= 4 is 52.6 Å². The molecule has 3 fully saturated rings. The van der Waals surface area contributed by atoms with Crippen molar-refractivity contribution in [1.29, 1.82) is 5.41 Å². The second kappa shape index (κ2) is 13.7. The van der Waals surface area contributed by atoms with E-state index in [1.54, 1.807) is 33.1 Å². The number of carbonyl (C=O) groups is 4. The normalized spacial score (nSPS) is 21.9. The molecule has 0 saturated carbocycles. The highest BCUT2D eigenvalue weighted by Crippen LogP contribution is 2.28. The number of fused-ring (bicyclic) bond motifs is 1. The molecule has 1 aromatic heterocycles. The monoisotopic (exact) mass is 611 g/mol. The average Bonchev–Trinajstić information content (AvgIpc) is 3.55. The molecule has 4 N–H and O–H groups in total. The van der Waals surface area contributed by atoms with Crippen molar-refractivity contribution < 1.29 is 19.2 Å². The zero-order valence-corrected chi connectivity index (χ0v) is 25.1. The van der Waals surface area contributed by atoms with Crippen LogP contribution in [0.25, 0.3) is 0 Å². The fourth-order valence-corrected chi connectivity index (χ4v) is 7.84. The van der Waals surface area contributed by atoms with Crippen LogP contribution in [0.4, 0.5) is 0 Å². The van der Waals surface area contributed by atoms with E-state index in [2.05, 4.69) is 10.3 Å². The van der Waals surface area contributed by atoms with Gasteiger partial charge in [0.15, 0.2) is 11.0 Å². The summed E-state index contributed by atoms with van der Waals surface area (Å²) in [4.78, 5) is 62.8. The molecule has 2 aromatic rings. The number of aromatic nitrogens is 1. The molecule has 3 saturated heterocycles. The van der Waals surface area contributed by atoms with Gasteiger partial charge in [0.2, 0.25) is 23.5 Å². The van der Waals surface area contributed by atoms with Gasteiger partial charge in [0.25, 0.3) is 0 Å². The van der Waals surface area contributed by atoms with Gasteiger partial charge in [-0.25, -0.2) is 4.98 Å². The van der Waals surface area contributed by atoms with Crippen molar-refractivity contribution in [2.45, 2.75) is 50.2 Å². The Balaban J connectivity index is 1.23. The third-order valence-corrected chi connectivity index (χ3v) is 10.2. The number of hydrogen-bond donors (Lipinski definition) is 3. The summed E-state index contributed by atoms with van der Waals surface area (Å²) in [6, 6.07) is 8.06. The lowest BCUT2D eigenvalue weighted by Gasteiger charge is -2.47. The molecule has 3 amide bonds. The van der Waals surface area contributed by atoms with E-state index in [4.69, 9.17) is 11.1 Å². The largest absolute Gasteiger partial charge is 0.370 e. The van der Waals surface area contributed by atoms with Gasteiger partial charge in [-0.2, -0.15) is 11.8 Å². The Morgan fingerprint density at radius 3 is 2.57 bits per heavy atom. The number of likely N-dealkylation sites (tertiary alicyclic amines) is 1. The van der Waals surface area contributed by atoms with E-state index in [-0.39, 0.29) is 48.0 Å². The number of Topliss-reactive ketones (excluding diaryl/α,β-unsaturated/α-hetero) is 1. The van der Waals surface area contributed by atoms with E-state index in [0.29, 0.717) is 55.4 Å². The fraction of sp³-hybridized carbons (Fsp3) is 0.517. The number of piperidine rings is 1. The maximum Gasteiger partial charge on any atom is 0.244 e. The Morgan fingerprint density at radius 2 is 1.88 bits per heavy atom. The van der Waals surface area contributed by atoms with Gasteiger partial charge in [-0.05, 0) is 37.2 Å². The second-order valence-electron chi connectivity index (χ2n) is 11.1. The van der Waals surface area contributed by atoms with Crippen molar-refractivity contribution in [2.75, 3.05) is 37.7 Å². The van der Waals surface area contributed by atoms with E-state index in [1.165, 1.54) is 11.3 Å². The molecular formula is C29H37N7O4S2. The summed E-state index contributed by atoms with van der Waals surface area (Å²) in [5, 5.41) is 12.7. The summed E-state index contributed by atoms with van der Waals surface area (Å²) in [7, 11) is 0. The molecule has 3 atom stereocenters. The molecule has 0 radical (unpaired) electrons. The van der Waals surface area contributed by atoms with Gasteiger partial charge in [-0.15, -0.1) is 11.3 Å². The number of guanidine groups is 1. The van der Waals surface area contributed by atoms with Gasteiger partial charge in [-0.1, -0.05) is 30.3 Å². The standard InChI is InChI=1S/C29H37N7O4S2/c30-29(31)34-11-8-20(9-12-34)14-22(26(39)28-32-10-13-42-28)33-27(40)23-18-41-17-21-15-35(16-25(38)36(21)23)24(37)7-6-19-4-2-1-3-5-19/h1-5,10,13,20-23H,6-9,11-12,14-18H2,(H3,30,31)(H,33,40)/t21-,22?,23+/m1/s1. The molecule has 42 heavy (non-hydrogen) atoms. The molecule has 0 bridgehead atoms. The number of hydrogen-bond acceptors (Lipinski definition) is 8. The Labute approximate surface area is 253 Å². The van der Waals surface area contributed by atoms with Crippen LogP contribution in [0.1, 0.15) is 41.0 Å². The highest BCUT2D eigenvalue weighted by atomic mass is 32.2. The minimum atomic E-state index is -0.765. The first-order valence-electron chi connectivity index (χ1n) is 14.3. The van der Waals surface area contributed by atoms with Crippen LogP contribution in [-0.2, 0) is 20.8 Å². The van der Waals surface area contributed by atoms with Crippen molar-refractivity contribution in [3.63, 3.8) is 0 Å². The molecule has 3 aliphatic heterocycles. The smallest absolute Gasteiger partial charge is 0.244 e. The quantitative estimate of drug-likeness (QED) is 0.220. The van der Waals surface area contributed by atoms with Crippen LogP contribution in [0, 0.1) is 11.3 Å². The van der Waals surface area contributed by atoms with Crippen molar-refractivity contribution in [2.24, 2.45) is 11.7 Å². The van der Waals surface area contributed by atoms with E-state index in [1.807, 2.05) is 35.2 Å². The third kappa shape index (κ3) is 7.12. The van der Waals surface area contributed by atoms with Crippen LogP contribution in [0.3, 0.4) is 0 Å². The van der Waals surface area contributed by atoms with Crippen LogP contribution in [0.15, 0.2) is 41.9 Å². The van der Waals surface area contributed by atoms with E-state index >= 15 is 0 Å². The number of nitrogens with zero attached hydrogens (tertiary/aromatic N) is 4. The van der Waals surface area contributed by atoms with Gasteiger partial charge in [0.1, 0.15) is 6.04 Å². The van der Waals surface area contributed by atoms with Crippen molar-refractivity contribution in [1.82, 2.24) is 25.0 Å². The van der Waals surface area contributed by atoms with Crippen LogP contribution in [0.2, 0.25) is 0 Å². The number of piperazine rings is 1. The van der Waals surface area contributed by atoms with Crippen LogP contribution >= 0.6 is 23.1 Å². The summed E-state index contributed by atoms with van der Waals surface area (Å²) in [5.74, 6) is 0.430. The molecule has 0 spiro atoms. The van der Waals surface area contributed by atoms with E-state index in [9.17, 15) is 19.2 Å². The van der Waals surface area contributed by atoms with Crippen LogP contribution in [0.5, 0.6) is 0 Å². The topological polar surface area (TPSA) is 153 Å². The summed E-state index contributed by atoms with van der Waals surface area (Å²) >= 11 is 2.83. The summed E-state index contributed by atoms with van der Waals surface area (Å²) < 4.78 is 0. The molecular weight excluding hydrogens is 574 g/mol. The first kappa shape index (κ1) is 30.0. The number of thioether (sulfide) groups is 1. The number of carbonyl (C=O) groups excluding carboxylic acids is 4. The Kier molecular flexibility index (Phi) is 9.78. The number of benzene rings is 1. The third-order valence-electron chi connectivity index (χ3n) is 8.29. The summed E-state index contributed by atoms with van der Waals surface area (Å²) in [6.45, 7) is 1.62. The Morgan fingerprint density at radius 1 is 1.12 bits per heavy atom. The predicted octanol–water partition coefficient (Wildman–Crippen LogP) is 1.59. The number of thiazole rings is 1. The van der Waals surface area contributed by atoms with Crippen LogP contribution in [-0.4, -0.2) is 105 Å². The lowest BCUT2D eigenvalue weighted by Crippen LogP contribution is -2.67. The van der Waals surface area contributed by atoms with Crippen molar-refractivity contribution in [3.8, 4) is 0 Å². The first-order valence-corrected chi connectivity index (χ1v) is 16.4. The minimum absolute atomic E-state index is 0.0455.